The fourth-order valence-corrected chi connectivity index (χ4v) is 1.51. The lowest BCUT2D eigenvalue weighted by atomic mass is 10.1. The van der Waals surface area contributed by atoms with Crippen LogP contribution in [0.5, 0.6) is 0 Å². The third kappa shape index (κ3) is 2.19. The molecule has 0 aliphatic carbocycles. The molecule has 2 fully saturated rings. The van der Waals surface area contributed by atoms with E-state index < -0.39 is 0 Å². The van der Waals surface area contributed by atoms with E-state index in [1.54, 1.807) is 0 Å². The van der Waals surface area contributed by atoms with Gasteiger partial charge in [-0.15, -0.1) is 0 Å². The third-order valence-corrected chi connectivity index (χ3v) is 2.46. The van der Waals surface area contributed by atoms with Gasteiger partial charge < -0.3 is 9.47 Å². The van der Waals surface area contributed by atoms with Crippen molar-refractivity contribution in [2.45, 2.75) is 38.0 Å². The standard InChI is InChI=1S/C9H16NO2/c1-2-6-11-9(3-1)12-7-8-4-5-10-8/h8-9H,1-7H2/t8?,9-/m0/s1. The number of ether oxygens (including phenoxy) is 2. The van der Waals surface area contributed by atoms with Crippen molar-refractivity contribution in [1.82, 2.24) is 5.32 Å². The average molecular weight is 170 g/mol. The summed E-state index contributed by atoms with van der Waals surface area (Å²) in [5, 5.41) is 4.27. The van der Waals surface area contributed by atoms with Crippen LogP contribution in [0.15, 0.2) is 0 Å². The van der Waals surface area contributed by atoms with E-state index in [9.17, 15) is 0 Å². The van der Waals surface area contributed by atoms with Crippen LogP contribution in [0.2, 0.25) is 0 Å². The lowest BCUT2D eigenvalue weighted by molar-refractivity contribution is -0.168. The molecule has 0 aromatic rings. The molecular formula is C9H16NO2. The number of hydrogen-bond donors (Lipinski definition) is 0. The van der Waals surface area contributed by atoms with Crippen molar-refractivity contribution >= 4 is 0 Å². The smallest absolute Gasteiger partial charge is 0.157 e. The lowest BCUT2D eigenvalue weighted by Crippen LogP contribution is -2.41. The molecule has 0 aromatic carbocycles. The zero-order valence-electron chi connectivity index (χ0n) is 7.37. The normalized spacial score (nSPS) is 36.0. The van der Waals surface area contributed by atoms with Crippen LogP contribution in [0, 0.1) is 0 Å². The Kier molecular flexibility index (Phi) is 2.98. The predicted molar refractivity (Wildman–Crippen MR) is 44.9 cm³/mol. The van der Waals surface area contributed by atoms with Gasteiger partial charge in [0.1, 0.15) is 0 Å². The minimum absolute atomic E-state index is 0.0644. The van der Waals surface area contributed by atoms with Crippen LogP contribution in [0.25, 0.3) is 0 Å². The second-order valence-electron chi connectivity index (χ2n) is 3.48. The van der Waals surface area contributed by atoms with E-state index in [-0.39, 0.29) is 6.29 Å². The number of rotatable bonds is 3. The van der Waals surface area contributed by atoms with Gasteiger partial charge >= 0.3 is 0 Å². The van der Waals surface area contributed by atoms with E-state index in [1.807, 2.05) is 0 Å². The molecule has 2 aliphatic heterocycles. The first-order valence-electron chi connectivity index (χ1n) is 4.85. The van der Waals surface area contributed by atoms with Gasteiger partial charge in [0.2, 0.25) is 0 Å². The van der Waals surface area contributed by atoms with E-state index in [0.717, 1.165) is 26.2 Å². The van der Waals surface area contributed by atoms with Crippen molar-refractivity contribution in [3.05, 3.63) is 0 Å². The van der Waals surface area contributed by atoms with E-state index in [2.05, 4.69) is 5.32 Å². The molecule has 12 heavy (non-hydrogen) atoms. The Hall–Kier alpha value is -0.120. The van der Waals surface area contributed by atoms with Gasteiger partial charge in [0, 0.05) is 19.2 Å². The molecule has 2 atom stereocenters. The second-order valence-corrected chi connectivity index (χ2v) is 3.48. The van der Waals surface area contributed by atoms with Crippen molar-refractivity contribution in [3.63, 3.8) is 0 Å². The Morgan fingerprint density at radius 1 is 1.33 bits per heavy atom. The Morgan fingerprint density at radius 2 is 2.25 bits per heavy atom. The fraction of sp³-hybridized carbons (Fsp3) is 1.00. The van der Waals surface area contributed by atoms with Crippen molar-refractivity contribution in [2.24, 2.45) is 0 Å². The van der Waals surface area contributed by atoms with Gasteiger partial charge in [0.15, 0.2) is 6.29 Å². The molecule has 0 saturated carbocycles. The summed E-state index contributed by atoms with van der Waals surface area (Å²) in [6.45, 7) is 2.66. The zero-order valence-corrected chi connectivity index (χ0v) is 7.37. The molecule has 69 valence electrons. The van der Waals surface area contributed by atoms with Crippen LogP contribution in [0.1, 0.15) is 25.7 Å². The third-order valence-electron chi connectivity index (χ3n) is 2.46. The molecule has 3 heteroatoms. The van der Waals surface area contributed by atoms with Crippen molar-refractivity contribution in [3.8, 4) is 0 Å². The molecule has 0 amide bonds. The van der Waals surface area contributed by atoms with E-state index >= 15 is 0 Å². The molecule has 2 rings (SSSR count). The molecule has 2 aliphatic rings. The topological polar surface area (TPSA) is 32.6 Å². The highest BCUT2D eigenvalue weighted by Crippen LogP contribution is 2.15. The van der Waals surface area contributed by atoms with Crippen molar-refractivity contribution in [1.29, 1.82) is 0 Å². The SMILES string of the molecule is C1CC[C@H](OCC2CC[N]2)OC1. The summed E-state index contributed by atoms with van der Waals surface area (Å²) < 4.78 is 11.0. The molecule has 0 N–H and O–H groups in total. The first kappa shape index (κ1) is 8.48. The van der Waals surface area contributed by atoms with Crippen LogP contribution < -0.4 is 5.32 Å². The predicted octanol–water partition coefficient (Wildman–Crippen LogP) is 0.906. The summed E-state index contributed by atoms with van der Waals surface area (Å²) in [6, 6.07) is 0.468. The van der Waals surface area contributed by atoms with Crippen LogP contribution in [0.4, 0.5) is 0 Å². The highest BCUT2D eigenvalue weighted by Gasteiger charge is 2.21. The van der Waals surface area contributed by atoms with Gasteiger partial charge in [-0.05, 0) is 25.7 Å². The molecule has 0 bridgehead atoms. The van der Waals surface area contributed by atoms with Crippen LogP contribution in [-0.4, -0.2) is 32.1 Å². The molecule has 1 unspecified atom stereocenters. The maximum atomic E-state index is 5.57. The Labute approximate surface area is 73.4 Å². The molecule has 0 spiro atoms. The molecule has 1 radical (unpaired) electrons. The Bertz CT molecular complexity index is 130. The molecule has 2 heterocycles. The highest BCUT2D eigenvalue weighted by molar-refractivity contribution is 4.76. The maximum Gasteiger partial charge on any atom is 0.157 e. The van der Waals surface area contributed by atoms with Gasteiger partial charge in [-0.3, -0.25) is 0 Å². The number of nitrogens with zero attached hydrogens (tertiary/aromatic N) is 1. The second kappa shape index (κ2) is 4.21. The van der Waals surface area contributed by atoms with Gasteiger partial charge in [0.05, 0.1) is 6.61 Å². The maximum absolute atomic E-state index is 5.57. The number of hydrogen-bond acceptors (Lipinski definition) is 2. The van der Waals surface area contributed by atoms with Crippen molar-refractivity contribution in [2.75, 3.05) is 19.8 Å². The fourth-order valence-electron chi connectivity index (χ4n) is 1.51. The van der Waals surface area contributed by atoms with Gasteiger partial charge in [-0.2, -0.15) is 0 Å². The first-order chi connectivity index (χ1) is 5.95. The monoisotopic (exact) mass is 170 g/mol. The molecule has 3 nitrogen and oxygen atoms in total. The summed E-state index contributed by atoms with van der Waals surface area (Å²) >= 11 is 0. The zero-order chi connectivity index (χ0) is 8.23. The largest absolute Gasteiger partial charge is 0.353 e. The summed E-state index contributed by atoms with van der Waals surface area (Å²) in [7, 11) is 0. The van der Waals surface area contributed by atoms with Crippen LogP contribution in [-0.2, 0) is 9.47 Å². The quantitative estimate of drug-likeness (QED) is 0.630. The molecular weight excluding hydrogens is 154 g/mol. The van der Waals surface area contributed by atoms with Gasteiger partial charge in [0.25, 0.3) is 0 Å². The Balaban J connectivity index is 1.58. The van der Waals surface area contributed by atoms with Gasteiger partial charge in [-0.25, -0.2) is 5.32 Å². The highest BCUT2D eigenvalue weighted by atomic mass is 16.7. The summed E-state index contributed by atoms with van der Waals surface area (Å²) in [5.41, 5.74) is 0. The average Bonchev–Trinajstić information content (AvgIpc) is 2.04. The molecule has 0 aromatic heterocycles. The molecule has 2 saturated heterocycles. The van der Waals surface area contributed by atoms with Crippen molar-refractivity contribution < 1.29 is 9.47 Å². The Morgan fingerprint density at radius 3 is 2.83 bits per heavy atom. The summed E-state index contributed by atoms with van der Waals surface area (Å²) in [4.78, 5) is 0. The van der Waals surface area contributed by atoms with Crippen LogP contribution >= 0.6 is 0 Å². The van der Waals surface area contributed by atoms with E-state index in [1.165, 1.54) is 19.3 Å². The van der Waals surface area contributed by atoms with E-state index in [0.29, 0.717) is 6.04 Å². The lowest BCUT2D eigenvalue weighted by Gasteiger charge is -2.29. The van der Waals surface area contributed by atoms with E-state index in [4.69, 9.17) is 9.47 Å². The summed E-state index contributed by atoms with van der Waals surface area (Å²) in [5.74, 6) is 0. The minimum atomic E-state index is 0.0644. The first-order valence-corrected chi connectivity index (χ1v) is 4.85. The minimum Gasteiger partial charge on any atom is -0.353 e. The van der Waals surface area contributed by atoms with Crippen LogP contribution in [0.3, 0.4) is 0 Å². The summed E-state index contributed by atoms with van der Waals surface area (Å²) in [6.07, 6.45) is 4.76. The van der Waals surface area contributed by atoms with Gasteiger partial charge in [-0.1, -0.05) is 0 Å².